The molecular weight excluding hydrogens is 290 g/mol. The average Bonchev–Trinajstić information content (AvgIpc) is 2.36. The molecule has 7 heteroatoms. The predicted octanol–water partition coefficient (Wildman–Crippen LogP) is 1.32. The van der Waals surface area contributed by atoms with Crippen molar-refractivity contribution in [3.05, 3.63) is 29.8 Å². The third-order valence-electron chi connectivity index (χ3n) is 2.93. The molecule has 0 aliphatic heterocycles. The Morgan fingerprint density at radius 2 is 1.67 bits per heavy atom. The summed E-state index contributed by atoms with van der Waals surface area (Å²) in [4.78, 5) is 11.7. The van der Waals surface area contributed by atoms with E-state index in [9.17, 15) is 13.2 Å². The van der Waals surface area contributed by atoms with Crippen LogP contribution in [0.5, 0.6) is 0 Å². The third kappa shape index (κ3) is 5.45. The summed E-state index contributed by atoms with van der Waals surface area (Å²) in [6.45, 7) is 6.02. The molecule has 1 aromatic rings. The molecule has 0 heterocycles. The first-order chi connectivity index (χ1) is 9.52. The highest BCUT2D eigenvalue weighted by atomic mass is 32.2. The lowest BCUT2D eigenvalue weighted by Crippen LogP contribution is -2.40. The average molecular weight is 313 g/mol. The van der Waals surface area contributed by atoms with Crippen molar-refractivity contribution in [2.75, 3.05) is 26.0 Å². The largest absolute Gasteiger partial charge is 0.325 e. The Kier molecular flexibility index (Phi) is 5.49. The first-order valence-corrected chi connectivity index (χ1v) is 8.04. The minimum Gasteiger partial charge on any atom is -0.325 e. The second-order valence-corrected chi connectivity index (χ2v) is 7.95. The van der Waals surface area contributed by atoms with E-state index in [0.717, 1.165) is 9.87 Å². The predicted molar refractivity (Wildman–Crippen MR) is 84.4 cm³/mol. The molecule has 1 amide bonds. The zero-order valence-electron chi connectivity index (χ0n) is 13.1. The first-order valence-electron chi connectivity index (χ1n) is 6.60. The fraction of sp³-hybridized carbons (Fsp3) is 0.500. The fourth-order valence-corrected chi connectivity index (χ4v) is 2.12. The molecule has 6 nitrogen and oxygen atoms in total. The highest BCUT2D eigenvalue weighted by molar-refractivity contribution is 7.87. The van der Waals surface area contributed by atoms with Crippen LogP contribution in [0, 0.1) is 0 Å². The summed E-state index contributed by atoms with van der Waals surface area (Å²) in [5, 5.41) is 2.65. The van der Waals surface area contributed by atoms with Gasteiger partial charge in [0.15, 0.2) is 0 Å². The van der Waals surface area contributed by atoms with Gasteiger partial charge in [-0.1, -0.05) is 32.9 Å². The van der Waals surface area contributed by atoms with E-state index in [2.05, 4.69) is 30.8 Å². The van der Waals surface area contributed by atoms with Crippen LogP contribution in [0.4, 0.5) is 5.69 Å². The van der Waals surface area contributed by atoms with E-state index in [1.807, 2.05) is 12.1 Å². The lowest BCUT2D eigenvalue weighted by Gasteiger charge is -2.19. The Bertz CT molecular complexity index is 587. The van der Waals surface area contributed by atoms with Gasteiger partial charge in [-0.2, -0.15) is 17.4 Å². The Morgan fingerprint density at radius 1 is 1.14 bits per heavy atom. The van der Waals surface area contributed by atoms with Crippen LogP contribution >= 0.6 is 0 Å². The van der Waals surface area contributed by atoms with Gasteiger partial charge in [0.25, 0.3) is 10.2 Å². The second kappa shape index (κ2) is 6.55. The number of hydrogen-bond donors (Lipinski definition) is 2. The topological polar surface area (TPSA) is 78.5 Å². The van der Waals surface area contributed by atoms with Gasteiger partial charge >= 0.3 is 0 Å². The van der Waals surface area contributed by atoms with Crippen molar-refractivity contribution in [1.82, 2.24) is 9.03 Å². The smallest absolute Gasteiger partial charge is 0.279 e. The van der Waals surface area contributed by atoms with Crippen LogP contribution in [0.2, 0.25) is 0 Å². The SMILES string of the molecule is CN(C)S(=O)(=O)NCC(=O)Nc1ccc(C(C)(C)C)cc1. The number of nitrogens with zero attached hydrogens (tertiary/aromatic N) is 1. The molecule has 0 spiro atoms. The number of rotatable bonds is 5. The number of hydrogen-bond acceptors (Lipinski definition) is 3. The highest BCUT2D eigenvalue weighted by Gasteiger charge is 2.15. The van der Waals surface area contributed by atoms with Crippen molar-refractivity contribution < 1.29 is 13.2 Å². The van der Waals surface area contributed by atoms with E-state index in [4.69, 9.17) is 0 Å². The summed E-state index contributed by atoms with van der Waals surface area (Å²) in [5.41, 5.74) is 1.84. The van der Waals surface area contributed by atoms with Crippen molar-refractivity contribution >= 4 is 21.8 Å². The van der Waals surface area contributed by atoms with Crippen LogP contribution in [0.3, 0.4) is 0 Å². The Morgan fingerprint density at radius 3 is 2.10 bits per heavy atom. The number of carbonyl (C=O) groups excluding carboxylic acids is 1. The monoisotopic (exact) mass is 313 g/mol. The van der Waals surface area contributed by atoms with Crippen molar-refractivity contribution in [3.63, 3.8) is 0 Å². The molecule has 0 saturated heterocycles. The molecule has 0 unspecified atom stereocenters. The van der Waals surface area contributed by atoms with Crippen LogP contribution in [0.25, 0.3) is 0 Å². The highest BCUT2D eigenvalue weighted by Crippen LogP contribution is 2.23. The number of carbonyl (C=O) groups is 1. The molecular formula is C14H23N3O3S. The molecule has 0 saturated carbocycles. The van der Waals surface area contributed by atoms with Crippen LogP contribution in [0.15, 0.2) is 24.3 Å². The summed E-state index contributed by atoms with van der Waals surface area (Å²) >= 11 is 0. The van der Waals surface area contributed by atoms with Gasteiger partial charge in [0.05, 0.1) is 6.54 Å². The minimum atomic E-state index is -3.59. The number of benzene rings is 1. The maximum atomic E-state index is 11.7. The maximum Gasteiger partial charge on any atom is 0.279 e. The van der Waals surface area contributed by atoms with Crippen molar-refractivity contribution in [2.24, 2.45) is 0 Å². The van der Waals surface area contributed by atoms with Gasteiger partial charge in [-0.15, -0.1) is 0 Å². The summed E-state index contributed by atoms with van der Waals surface area (Å²) in [7, 11) is -0.801. The van der Waals surface area contributed by atoms with Crippen molar-refractivity contribution in [2.45, 2.75) is 26.2 Å². The van der Waals surface area contributed by atoms with Crippen LogP contribution in [0.1, 0.15) is 26.3 Å². The van der Waals surface area contributed by atoms with Gasteiger partial charge in [0, 0.05) is 19.8 Å². The summed E-state index contributed by atoms with van der Waals surface area (Å²) in [6, 6.07) is 7.50. The molecule has 0 aliphatic carbocycles. The molecule has 21 heavy (non-hydrogen) atoms. The van der Waals surface area contributed by atoms with Crippen LogP contribution < -0.4 is 10.0 Å². The summed E-state index contributed by atoms with van der Waals surface area (Å²) in [6.07, 6.45) is 0. The molecule has 0 radical (unpaired) electrons. The Labute approximate surface area is 126 Å². The molecule has 2 N–H and O–H groups in total. The summed E-state index contributed by atoms with van der Waals surface area (Å²) < 4.78 is 26.2. The van der Waals surface area contributed by atoms with E-state index >= 15 is 0 Å². The number of nitrogens with one attached hydrogen (secondary N) is 2. The van der Waals surface area contributed by atoms with E-state index in [-0.39, 0.29) is 12.0 Å². The second-order valence-electron chi connectivity index (χ2n) is 5.98. The molecule has 118 valence electrons. The fourth-order valence-electron chi connectivity index (χ4n) is 1.54. The quantitative estimate of drug-likeness (QED) is 0.860. The Balaban J connectivity index is 2.60. The van der Waals surface area contributed by atoms with Crippen LogP contribution in [-0.2, 0) is 20.4 Å². The number of anilines is 1. The van der Waals surface area contributed by atoms with Gasteiger partial charge < -0.3 is 5.32 Å². The van der Waals surface area contributed by atoms with Crippen molar-refractivity contribution in [1.29, 1.82) is 0 Å². The zero-order valence-corrected chi connectivity index (χ0v) is 13.9. The lowest BCUT2D eigenvalue weighted by atomic mass is 9.87. The third-order valence-corrected chi connectivity index (χ3v) is 4.40. The summed E-state index contributed by atoms with van der Waals surface area (Å²) in [5.74, 6) is -0.413. The maximum absolute atomic E-state index is 11.7. The molecule has 0 bridgehead atoms. The van der Waals surface area contributed by atoms with Gasteiger partial charge in [0.1, 0.15) is 0 Å². The van der Waals surface area contributed by atoms with Gasteiger partial charge in [-0.05, 0) is 23.1 Å². The van der Waals surface area contributed by atoms with E-state index in [0.29, 0.717) is 5.69 Å². The van der Waals surface area contributed by atoms with Gasteiger partial charge in [-0.3, -0.25) is 4.79 Å². The van der Waals surface area contributed by atoms with Gasteiger partial charge in [-0.25, -0.2) is 0 Å². The Hall–Kier alpha value is -1.44. The minimum absolute atomic E-state index is 0.0455. The van der Waals surface area contributed by atoms with Crippen molar-refractivity contribution in [3.8, 4) is 0 Å². The molecule has 0 aliphatic rings. The van der Waals surface area contributed by atoms with Gasteiger partial charge in [0.2, 0.25) is 5.91 Å². The van der Waals surface area contributed by atoms with Crippen LogP contribution in [-0.4, -0.2) is 39.3 Å². The van der Waals surface area contributed by atoms with E-state index < -0.39 is 16.1 Å². The number of amides is 1. The van der Waals surface area contributed by atoms with E-state index in [1.54, 1.807) is 12.1 Å². The normalized spacial score (nSPS) is 12.5. The molecule has 0 fully saturated rings. The molecule has 0 aromatic heterocycles. The lowest BCUT2D eigenvalue weighted by molar-refractivity contribution is -0.115. The molecule has 1 rings (SSSR count). The molecule has 0 atom stereocenters. The zero-order chi connectivity index (χ0) is 16.3. The first kappa shape index (κ1) is 17.6. The standard InChI is InChI=1S/C14H23N3O3S/c1-14(2,3)11-6-8-12(9-7-11)16-13(18)10-15-21(19,20)17(4)5/h6-9,15H,10H2,1-5H3,(H,16,18). The van der Waals surface area contributed by atoms with E-state index in [1.165, 1.54) is 14.1 Å². The molecule has 1 aromatic carbocycles.